The summed E-state index contributed by atoms with van der Waals surface area (Å²) < 4.78 is 10.5. The Morgan fingerprint density at radius 1 is 1.25 bits per heavy atom. The van der Waals surface area contributed by atoms with Crippen molar-refractivity contribution in [2.45, 2.75) is 32.5 Å². The average molecular weight is 229 g/mol. The van der Waals surface area contributed by atoms with Crippen LogP contribution < -0.4 is 22.0 Å². The second-order valence-electron chi connectivity index (χ2n) is 2.10. The predicted octanol–water partition coefficient (Wildman–Crippen LogP) is -1.88. The standard InChI is InChI=1S/C5H10IO2/c1-4-3-5(2)8-6-7-4/h4-5H,3H2,1-2H3/q-1. The van der Waals surface area contributed by atoms with E-state index in [0.717, 1.165) is 6.42 Å². The first-order chi connectivity index (χ1) is 3.79. The van der Waals surface area contributed by atoms with E-state index in [0.29, 0.717) is 12.2 Å². The Bertz CT molecular complexity index is 68.8. The Hall–Kier alpha value is 0.650. The van der Waals surface area contributed by atoms with E-state index >= 15 is 0 Å². The first-order valence-corrected chi connectivity index (χ1v) is 4.51. The Morgan fingerprint density at radius 2 is 1.75 bits per heavy atom. The minimum absolute atomic E-state index is 0.366. The van der Waals surface area contributed by atoms with Crippen LogP contribution in [0.1, 0.15) is 20.3 Å². The van der Waals surface area contributed by atoms with Gasteiger partial charge >= 0.3 is 60.6 Å². The molecule has 1 fully saturated rings. The van der Waals surface area contributed by atoms with Crippen molar-refractivity contribution in [3.63, 3.8) is 0 Å². The van der Waals surface area contributed by atoms with Crippen LogP contribution in [0.3, 0.4) is 0 Å². The molecule has 0 aliphatic carbocycles. The van der Waals surface area contributed by atoms with E-state index in [2.05, 4.69) is 13.8 Å². The van der Waals surface area contributed by atoms with Gasteiger partial charge in [0.25, 0.3) is 0 Å². The summed E-state index contributed by atoms with van der Waals surface area (Å²) in [6, 6.07) is 0. The van der Waals surface area contributed by atoms with Gasteiger partial charge in [-0.05, 0) is 0 Å². The van der Waals surface area contributed by atoms with Gasteiger partial charge in [0.15, 0.2) is 0 Å². The molecule has 50 valence electrons. The van der Waals surface area contributed by atoms with Crippen molar-refractivity contribution in [1.29, 1.82) is 0 Å². The van der Waals surface area contributed by atoms with Crippen molar-refractivity contribution in [3.8, 4) is 0 Å². The molecule has 1 aliphatic heterocycles. The van der Waals surface area contributed by atoms with Crippen molar-refractivity contribution in [2.24, 2.45) is 0 Å². The van der Waals surface area contributed by atoms with Crippen molar-refractivity contribution >= 4 is 0 Å². The zero-order valence-electron chi connectivity index (χ0n) is 5.06. The van der Waals surface area contributed by atoms with Gasteiger partial charge in [0.2, 0.25) is 0 Å². The zero-order chi connectivity index (χ0) is 5.98. The van der Waals surface area contributed by atoms with Crippen LogP contribution >= 0.6 is 0 Å². The van der Waals surface area contributed by atoms with Gasteiger partial charge in [0.1, 0.15) is 0 Å². The second kappa shape index (κ2) is 2.98. The molecule has 8 heavy (non-hydrogen) atoms. The summed E-state index contributed by atoms with van der Waals surface area (Å²) in [6.45, 7) is 4.19. The summed E-state index contributed by atoms with van der Waals surface area (Å²) in [4.78, 5) is 0. The Labute approximate surface area is 60.9 Å². The van der Waals surface area contributed by atoms with Crippen LogP contribution in [0, 0.1) is 0 Å². The molecule has 2 atom stereocenters. The molecule has 1 rings (SSSR count). The van der Waals surface area contributed by atoms with E-state index in [1.165, 1.54) is 0 Å². The van der Waals surface area contributed by atoms with Crippen molar-refractivity contribution in [3.05, 3.63) is 0 Å². The maximum atomic E-state index is 5.24. The van der Waals surface area contributed by atoms with Crippen LogP contribution in [0.4, 0.5) is 0 Å². The van der Waals surface area contributed by atoms with Gasteiger partial charge < -0.3 is 0 Å². The average Bonchev–Trinajstić information content (AvgIpc) is 1.64. The summed E-state index contributed by atoms with van der Waals surface area (Å²) >= 11 is -0.366. The van der Waals surface area contributed by atoms with Crippen LogP contribution in [0.25, 0.3) is 0 Å². The van der Waals surface area contributed by atoms with Gasteiger partial charge in [-0.25, -0.2) is 0 Å². The molecule has 0 amide bonds. The monoisotopic (exact) mass is 229 g/mol. The van der Waals surface area contributed by atoms with E-state index in [1.54, 1.807) is 0 Å². The molecule has 1 saturated heterocycles. The number of hydrogen-bond acceptors (Lipinski definition) is 2. The molecular formula is C5H10IO2-. The second-order valence-corrected chi connectivity index (χ2v) is 3.47. The Morgan fingerprint density at radius 3 is 2.00 bits per heavy atom. The van der Waals surface area contributed by atoms with Crippen LogP contribution in [-0.2, 0) is 6.13 Å². The zero-order valence-corrected chi connectivity index (χ0v) is 7.21. The van der Waals surface area contributed by atoms with Crippen molar-refractivity contribution in [2.75, 3.05) is 0 Å². The molecule has 2 unspecified atom stereocenters. The summed E-state index contributed by atoms with van der Waals surface area (Å²) in [6.07, 6.45) is 1.93. The van der Waals surface area contributed by atoms with Gasteiger partial charge in [-0.2, -0.15) is 0 Å². The summed E-state index contributed by atoms with van der Waals surface area (Å²) in [7, 11) is 0. The summed E-state index contributed by atoms with van der Waals surface area (Å²) in [5.74, 6) is 0. The minimum atomic E-state index is -0.366. The fourth-order valence-electron chi connectivity index (χ4n) is 0.685. The van der Waals surface area contributed by atoms with Gasteiger partial charge in [-0.3, -0.25) is 0 Å². The first-order valence-electron chi connectivity index (χ1n) is 2.75. The summed E-state index contributed by atoms with van der Waals surface area (Å²) in [5.41, 5.74) is 0. The molecule has 0 radical (unpaired) electrons. The third-order valence-electron chi connectivity index (χ3n) is 1.04. The fraction of sp³-hybridized carbons (Fsp3) is 1.00. The van der Waals surface area contributed by atoms with Crippen molar-refractivity contribution < 1.29 is 28.2 Å². The summed E-state index contributed by atoms with van der Waals surface area (Å²) in [5, 5.41) is 0. The normalized spacial score (nSPS) is 40.8. The molecule has 0 aromatic rings. The quantitative estimate of drug-likeness (QED) is 0.452. The van der Waals surface area contributed by atoms with Crippen LogP contribution in [0.5, 0.6) is 0 Å². The molecule has 1 aliphatic rings. The van der Waals surface area contributed by atoms with E-state index < -0.39 is 0 Å². The predicted molar refractivity (Wildman–Crippen MR) is 25.7 cm³/mol. The molecule has 3 heteroatoms. The van der Waals surface area contributed by atoms with Crippen LogP contribution in [0.2, 0.25) is 0 Å². The van der Waals surface area contributed by atoms with E-state index in [9.17, 15) is 0 Å². The number of rotatable bonds is 0. The topological polar surface area (TPSA) is 18.5 Å². The van der Waals surface area contributed by atoms with Gasteiger partial charge in [-0.1, -0.05) is 0 Å². The maximum absolute atomic E-state index is 5.24. The SMILES string of the molecule is CC1CC(C)O[I-]O1. The van der Waals surface area contributed by atoms with E-state index in [4.69, 9.17) is 6.13 Å². The van der Waals surface area contributed by atoms with E-state index in [1.807, 2.05) is 0 Å². The number of halogens is 1. The Kier molecular flexibility index (Phi) is 2.52. The van der Waals surface area contributed by atoms with Crippen molar-refractivity contribution in [1.82, 2.24) is 0 Å². The molecule has 0 N–H and O–H groups in total. The van der Waals surface area contributed by atoms with Gasteiger partial charge in [0, 0.05) is 0 Å². The van der Waals surface area contributed by atoms with Crippen LogP contribution in [0.15, 0.2) is 0 Å². The molecule has 0 spiro atoms. The molecular weight excluding hydrogens is 219 g/mol. The molecule has 0 bridgehead atoms. The first kappa shape index (κ1) is 6.77. The van der Waals surface area contributed by atoms with Gasteiger partial charge in [0.05, 0.1) is 0 Å². The molecule has 1 heterocycles. The molecule has 0 aromatic carbocycles. The van der Waals surface area contributed by atoms with Gasteiger partial charge in [-0.15, -0.1) is 0 Å². The Balaban J connectivity index is 2.23. The molecule has 2 nitrogen and oxygen atoms in total. The van der Waals surface area contributed by atoms with E-state index in [-0.39, 0.29) is 22.0 Å². The van der Waals surface area contributed by atoms with Crippen LogP contribution in [-0.4, -0.2) is 12.2 Å². The fourth-order valence-corrected chi connectivity index (χ4v) is 1.93. The third kappa shape index (κ3) is 1.87. The number of hydrogen-bond donors (Lipinski definition) is 0. The third-order valence-corrected chi connectivity index (χ3v) is 3.19. The molecule has 0 saturated carbocycles. The molecule has 0 aromatic heterocycles.